The summed E-state index contributed by atoms with van der Waals surface area (Å²) in [4.78, 5) is 9.38. The highest BCUT2D eigenvalue weighted by atomic mass is 32.1. The Hall–Kier alpha value is -2.56. The van der Waals surface area contributed by atoms with Crippen molar-refractivity contribution in [2.24, 2.45) is 0 Å². The van der Waals surface area contributed by atoms with E-state index in [4.69, 9.17) is 4.98 Å². The van der Waals surface area contributed by atoms with Gasteiger partial charge in [-0.3, -0.25) is 0 Å². The minimum Gasteiger partial charge on any atom is -0.236 e. The highest BCUT2D eigenvalue weighted by molar-refractivity contribution is 7.26. The maximum Gasteiger partial charge on any atom is 0.116 e. The van der Waals surface area contributed by atoms with Crippen molar-refractivity contribution in [2.45, 2.75) is 33.5 Å². The van der Waals surface area contributed by atoms with Crippen LogP contribution in [0, 0.1) is 13.8 Å². The van der Waals surface area contributed by atoms with Crippen molar-refractivity contribution in [3.63, 3.8) is 0 Å². The van der Waals surface area contributed by atoms with E-state index < -0.39 is 8.07 Å². The third-order valence-electron chi connectivity index (χ3n) is 5.71. The molecular formula is C25H24N2SSi. The zero-order valence-electron chi connectivity index (χ0n) is 17.5. The third-order valence-corrected chi connectivity index (χ3v) is 8.95. The summed E-state index contributed by atoms with van der Waals surface area (Å²) in [6.45, 7) is 11.5. The van der Waals surface area contributed by atoms with Gasteiger partial charge < -0.3 is 0 Å². The van der Waals surface area contributed by atoms with Gasteiger partial charge in [0.25, 0.3) is 0 Å². The lowest BCUT2D eigenvalue weighted by molar-refractivity contribution is 1.23. The fraction of sp³-hybridized carbons (Fsp3) is 0.200. The molecule has 0 spiro atoms. The fourth-order valence-electron chi connectivity index (χ4n) is 4.16. The molecular weight excluding hydrogens is 388 g/mol. The Balaban J connectivity index is 1.85. The van der Waals surface area contributed by atoms with Crippen molar-refractivity contribution in [2.75, 3.05) is 0 Å². The van der Waals surface area contributed by atoms with E-state index in [1.54, 1.807) is 6.33 Å². The summed E-state index contributed by atoms with van der Waals surface area (Å²) in [5.41, 5.74) is 5.89. The molecule has 0 unspecified atom stereocenters. The molecule has 0 fully saturated rings. The molecule has 0 atom stereocenters. The van der Waals surface area contributed by atoms with E-state index in [1.165, 1.54) is 42.0 Å². The number of hydrogen-bond acceptors (Lipinski definition) is 3. The summed E-state index contributed by atoms with van der Waals surface area (Å²) in [7, 11) is -1.39. The standard InChI is InChI=1S/C25H24N2SSi/c1-15-11-19-23-16(2)7-6-8-22(23)28-25(19)20(12-15)24-18-10-9-17(29(3,4)5)13-21(18)26-14-27-24/h6-14H,1-5H3. The largest absolute Gasteiger partial charge is 0.236 e. The molecule has 29 heavy (non-hydrogen) atoms. The molecule has 0 N–H and O–H groups in total. The summed E-state index contributed by atoms with van der Waals surface area (Å²) < 4.78 is 2.65. The number of benzene rings is 3. The van der Waals surface area contributed by atoms with E-state index in [9.17, 15) is 0 Å². The quantitative estimate of drug-likeness (QED) is 0.297. The van der Waals surface area contributed by atoms with Crippen LogP contribution >= 0.6 is 11.3 Å². The van der Waals surface area contributed by atoms with E-state index in [0.29, 0.717) is 0 Å². The Labute approximate surface area is 176 Å². The van der Waals surface area contributed by atoms with Crippen LogP contribution in [0.1, 0.15) is 11.1 Å². The lowest BCUT2D eigenvalue weighted by atomic mass is 9.99. The van der Waals surface area contributed by atoms with Gasteiger partial charge in [0.2, 0.25) is 0 Å². The van der Waals surface area contributed by atoms with Gasteiger partial charge in [-0.2, -0.15) is 0 Å². The van der Waals surface area contributed by atoms with E-state index in [2.05, 4.69) is 87.0 Å². The number of nitrogens with zero attached hydrogens (tertiary/aromatic N) is 2. The molecule has 0 amide bonds. The van der Waals surface area contributed by atoms with Gasteiger partial charge in [0, 0.05) is 31.1 Å². The molecule has 144 valence electrons. The number of aromatic nitrogens is 2. The Morgan fingerprint density at radius 2 is 1.69 bits per heavy atom. The first kappa shape index (κ1) is 18.5. The minimum atomic E-state index is -1.39. The van der Waals surface area contributed by atoms with Crippen molar-refractivity contribution in [3.05, 3.63) is 66.0 Å². The van der Waals surface area contributed by atoms with Crippen molar-refractivity contribution < 1.29 is 0 Å². The van der Waals surface area contributed by atoms with Crippen LogP contribution in [0.15, 0.2) is 54.9 Å². The summed E-state index contributed by atoms with van der Waals surface area (Å²) in [6.07, 6.45) is 1.72. The molecule has 0 radical (unpaired) electrons. The first-order valence-corrected chi connectivity index (χ1v) is 14.3. The lowest BCUT2D eigenvalue weighted by Crippen LogP contribution is -2.37. The van der Waals surface area contributed by atoms with Gasteiger partial charge in [0.15, 0.2) is 0 Å². The molecule has 0 saturated carbocycles. The van der Waals surface area contributed by atoms with Crippen molar-refractivity contribution in [1.82, 2.24) is 9.97 Å². The van der Waals surface area contributed by atoms with Gasteiger partial charge in [-0.25, -0.2) is 9.97 Å². The van der Waals surface area contributed by atoms with Gasteiger partial charge in [0.1, 0.15) is 6.33 Å². The maximum atomic E-state index is 4.76. The number of fused-ring (bicyclic) bond motifs is 4. The van der Waals surface area contributed by atoms with E-state index in [0.717, 1.165) is 16.6 Å². The minimum absolute atomic E-state index is 1.04. The second-order valence-electron chi connectivity index (χ2n) is 8.94. The van der Waals surface area contributed by atoms with Gasteiger partial charge in [-0.15, -0.1) is 11.3 Å². The summed E-state index contributed by atoms with van der Waals surface area (Å²) in [6, 6.07) is 18.0. The number of hydrogen-bond donors (Lipinski definition) is 0. The molecule has 5 aromatic rings. The van der Waals surface area contributed by atoms with Crippen LogP contribution in [0.5, 0.6) is 0 Å². The summed E-state index contributed by atoms with van der Waals surface area (Å²) in [5.74, 6) is 0. The van der Waals surface area contributed by atoms with Crippen LogP contribution < -0.4 is 5.19 Å². The van der Waals surface area contributed by atoms with Crippen LogP contribution in [0.3, 0.4) is 0 Å². The predicted octanol–water partition coefficient (Wildman–Crippen LogP) is 6.83. The molecule has 0 aliphatic carbocycles. The molecule has 4 heteroatoms. The third kappa shape index (κ3) is 2.98. The van der Waals surface area contributed by atoms with E-state index in [-0.39, 0.29) is 0 Å². The van der Waals surface area contributed by atoms with Crippen molar-refractivity contribution in [1.29, 1.82) is 0 Å². The predicted molar refractivity (Wildman–Crippen MR) is 130 cm³/mol. The second kappa shape index (κ2) is 6.47. The van der Waals surface area contributed by atoms with Crippen LogP contribution in [0.25, 0.3) is 42.3 Å². The highest BCUT2D eigenvalue weighted by Crippen LogP contribution is 2.42. The second-order valence-corrected chi connectivity index (χ2v) is 15.1. The first-order valence-electron chi connectivity index (χ1n) is 10.0. The summed E-state index contributed by atoms with van der Waals surface area (Å²) in [5, 5.41) is 5.28. The average molecular weight is 413 g/mol. The average Bonchev–Trinajstić information content (AvgIpc) is 3.05. The van der Waals surface area contributed by atoms with Crippen molar-refractivity contribution >= 4 is 55.7 Å². The van der Waals surface area contributed by atoms with Gasteiger partial charge in [-0.05, 0) is 49.2 Å². The highest BCUT2D eigenvalue weighted by Gasteiger charge is 2.19. The Morgan fingerprint density at radius 1 is 0.862 bits per heavy atom. The topological polar surface area (TPSA) is 25.8 Å². The fourth-order valence-corrected chi connectivity index (χ4v) is 6.59. The van der Waals surface area contributed by atoms with E-state index in [1.807, 2.05) is 11.3 Å². The zero-order valence-corrected chi connectivity index (χ0v) is 19.3. The van der Waals surface area contributed by atoms with Gasteiger partial charge >= 0.3 is 0 Å². The molecule has 0 bridgehead atoms. The Morgan fingerprint density at radius 3 is 2.48 bits per heavy atom. The SMILES string of the molecule is Cc1cc(-c2ncnc3cc([Si](C)(C)C)ccc23)c2sc3cccc(C)c3c2c1. The van der Waals surface area contributed by atoms with Crippen LogP contribution in [-0.2, 0) is 0 Å². The number of aryl methyl sites for hydroxylation is 2. The van der Waals surface area contributed by atoms with Crippen LogP contribution in [0.4, 0.5) is 0 Å². The molecule has 3 aromatic carbocycles. The van der Waals surface area contributed by atoms with Gasteiger partial charge in [-0.1, -0.05) is 49.1 Å². The Kier molecular flexibility index (Phi) is 4.12. The zero-order chi connectivity index (χ0) is 20.3. The molecule has 0 aliphatic heterocycles. The molecule has 2 aromatic heterocycles. The molecule has 0 aliphatic rings. The monoisotopic (exact) mass is 412 g/mol. The van der Waals surface area contributed by atoms with E-state index >= 15 is 0 Å². The van der Waals surface area contributed by atoms with Crippen LogP contribution in [-0.4, -0.2) is 18.0 Å². The normalized spacial score (nSPS) is 12.3. The Bertz CT molecular complexity index is 1410. The smallest absolute Gasteiger partial charge is 0.116 e. The number of thiophene rings is 1. The molecule has 5 rings (SSSR count). The molecule has 0 saturated heterocycles. The summed E-state index contributed by atoms with van der Waals surface area (Å²) >= 11 is 1.87. The molecule has 2 heterocycles. The number of rotatable bonds is 2. The first-order chi connectivity index (χ1) is 13.8. The van der Waals surface area contributed by atoms with Crippen LogP contribution in [0.2, 0.25) is 19.6 Å². The van der Waals surface area contributed by atoms with Gasteiger partial charge in [0.05, 0.1) is 19.3 Å². The molecule has 2 nitrogen and oxygen atoms in total. The van der Waals surface area contributed by atoms with Crippen molar-refractivity contribution in [3.8, 4) is 11.3 Å². The lowest BCUT2D eigenvalue weighted by Gasteiger charge is -2.17. The maximum absolute atomic E-state index is 4.76.